The quantitative estimate of drug-likeness (QED) is 0.943. The Balaban J connectivity index is 0.00000147. The molecule has 0 bridgehead atoms. The van der Waals surface area contributed by atoms with E-state index >= 15 is 0 Å². The highest BCUT2D eigenvalue weighted by molar-refractivity contribution is 5.85. The van der Waals surface area contributed by atoms with Gasteiger partial charge >= 0.3 is 0 Å². The molecular weight excluding hydrogens is 278 g/mol. The van der Waals surface area contributed by atoms with E-state index in [1.165, 1.54) is 0 Å². The molecule has 0 aliphatic carbocycles. The summed E-state index contributed by atoms with van der Waals surface area (Å²) in [5.41, 5.74) is 0.949. The van der Waals surface area contributed by atoms with Gasteiger partial charge < -0.3 is 14.6 Å². The minimum atomic E-state index is 0. The molecule has 6 heteroatoms. The molecule has 1 N–H and O–H groups in total. The number of aromatic nitrogens is 2. The van der Waals surface area contributed by atoms with E-state index in [4.69, 9.17) is 9.26 Å². The van der Waals surface area contributed by atoms with Crippen LogP contribution in [-0.2, 0) is 0 Å². The van der Waals surface area contributed by atoms with E-state index in [0.717, 1.165) is 43.1 Å². The van der Waals surface area contributed by atoms with Crippen molar-refractivity contribution in [3.63, 3.8) is 0 Å². The van der Waals surface area contributed by atoms with Crippen LogP contribution in [0, 0.1) is 0 Å². The summed E-state index contributed by atoms with van der Waals surface area (Å²) in [6.45, 7) is 2.04. The zero-order valence-corrected chi connectivity index (χ0v) is 12.2. The summed E-state index contributed by atoms with van der Waals surface area (Å²) in [7, 11) is 1.65. The first kappa shape index (κ1) is 14.8. The van der Waals surface area contributed by atoms with Gasteiger partial charge in [0.25, 0.3) is 0 Å². The van der Waals surface area contributed by atoms with Gasteiger partial charge in [0.15, 0.2) is 0 Å². The Morgan fingerprint density at radius 1 is 1.20 bits per heavy atom. The highest BCUT2D eigenvalue weighted by Gasteiger charge is 2.21. The fourth-order valence-corrected chi connectivity index (χ4v) is 2.33. The van der Waals surface area contributed by atoms with Gasteiger partial charge in [0, 0.05) is 11.5 Å². The number of methoxy groups -OCH3 is 1. The summed E-state index contributed by atoms with van der Waals surface area (Å²) in [5.74, 6) is 2.62. The van der Waals surface area contributed by atoms with Crippen molar-refractivity contribution >= 4 is 12.4 Å². The molecule has 1 fully saturated rings. The highest BCUT2D eigenvalue weighted by Crippen LogP contribution is 2.26. The molecular formula is C14H18ClN3O2. The van der Waals surface area contributed by atoms with Crippen LogP contribution in [0.5, 0.6) is 5.75 Å². The second-order valence-corrected chi connectivity index (χ2v) is 4.71. The third-order valence-corrected chi connectivity index (χ3v) is 3.48. The number of nitrogens with one attached hydrogen (secondary N) is 1. The molecule has 0 radical (unpaired) electrons. The smallest absolute Gasteiger partial charge is 0.230 e. The first-order valence-corrected chi connectivity index (χ1v) is 6.55. The maximum absolute atomic E-state index is 5.39. The van der Waals surface area contributed by atoms with Crippen LogP contribution in [0.3, 0.4) is 0 Å². The molecule has 0 amide bonds. The first-order valence-electron chi connectivity index (χ1n) is 6.55. The largest absolute Gasteiger partial charge is 0.497 e. The molecule has 0 atom stereocenters. The monoisotopic (exact) mass is 295 g/mol. The standard InChI is InChI=1S/C14H17N3O2.ClH/c1-18-12-4-2-10(3-5-12)13-16-14(19-17-13)11-6-8-15-9-7-11;/h2-5,11,15H,6-9H2,1H3;1H. The number of nitrogens with zero attached hydrogens (tertiary/aromatic N) is 2. The molecule has 2 heterocycles. The Morgan fingerprint density at radius 2 is 1.90 bits per heavy atom. The SMILES string of the molecule is COc1ccc(-c2noc(C3CCNCC3)n2)cc1.Cl. The lowest BCUT2D eigenvalue weighted by Crippen LogP contribution is -2.26. The van der Waals surface area contributed by atoms with Crippen molar-refractivity contribution in [2.24, 2.45) is 0 Å². The number of hydrogen-bond donors (Lipinski definition) is 1. The van der Waals surface area contributed by atoms with Gasteiger partial charge in [-0.1, -0.05) is 5.16 Å². The molecule has 1 aliphatic heterocycles. The molecule has 1 aliphatic rings. The van der Waals surface area contributed by atoms with Crippen LogP contribution < -0.4 is 10.1 Å². The fourth-order valence-electron chi connectivity index (χ4n) is 2.33. The number of benzene rings is 1. The van der Waals surface area contributed by atoms with Crippen molar-refractivity contribution in [2.45, 2.75) is 18.8 Å². The van der Waals surface area contributed by atoms with Crippen molar-refractivity contribution in [2.75, 3.05) is 20.2 Å². The molecule has 0 saturated carbocycles. The summed E-state index contributed by atoms with van der Waals surface area (Å²) in [6.07, 6.45) is 2.12. The molecule has 0 unspecified atom stereocenters. The summed E-state index contributed by atoms with van der Waals surface area (Å²) in [4.78, 5) is 4.51. The Kier molecular flexibility index (Phi) is 4.98. The van der Waals surface area contributed by atoms with E-state index in [2.05, 4.69) is 15.5 Å². The third-order valence-electron chi connectivity index (χ3n) is 3.48. The minimum absolute atomic E-state index is 0. The first-order chi connectivity index (χ1) is 9.36. The van der Waals surface area contributed by atoms with Gasteiger partial charge in [-0.2, -0.15) is 4.98 Å². The van der Waals surface area contributed by atoms with Gasteiger partial charge in [-0.15, -0.1) is 12.4 Å². The Labute approximate surface area is 124 Å². The lowest BCUT2D eigenvalue weighted by Gasteiger charge is -2.18. The summed E-state index contributed by atoms with van der Waals surface area (Å²) in [5, 5.41) is 7.40. The van der Waals surface area contributed by atoms with Crippen LogP contribution in [0.2, 0.25) is 0 Å². The van der Waals surface area contributed by atoms with Crippen molar-refractivity contribution in [3.05, 3.63) is 30.2 Å². The van der Waals surface area contributed by atoms with Crippen LogP contribution in [0.1, 0.15) is 24.7 Å². The zero-order valence-electron chi connectivity index (χ0n) is 11.3. The Morgan fingerprint density at radius 3 is 2.55 bits per heavy atom. The van der Waals surface area contributed by atoms with Crippen molar-refractivity contribution in [3.8, 4) is 17.1 Å². The second kappa shape index (κ2) is 6.72. The van der Waals surface area contributed by atoms with Crippen LogP contribution in [-0.4, -0.2) is 30.3 Å². The van der Waals surface area contributed by atoms with E-state index in [9.17, 15) is 0 Å². The lowest BCUT2D eigenvalue weighted by molar-refractivity contribution is 0.320. The zero-order chi connectivity index (χ0) is 13.1. The maximum Gasteiger partial charge on any atom is 0.230 e. The normalized spacial score (nSPS) is 15.7. The summed E-state index contributed by atoms with van der Waals surface area (Å²) < 4.78 is 10.5. The molecule has 108 valence electrons. The van der Waals surface area contributed by atoms with Crippen LogP contribution in [0.25, 0.3) is 11.4 Å². The average Bonchev–Trinajstić information content (AvgIpc) is 2.98. The molecule has 1 aromatic carbocycles. The Hall–Kier alpha value is -1.59. The number of piperidine rings is 1. The number of ether oxygens (including phenoxy) is 1. The molecule has 2 aromatic rings. The predicted molar refractivity (Wildman–Crippen MR) is 78.4 cm³/mol. The van der Waals surface area contributed by atoms with Crippen molar-refractivity contribution < 1.29 is 9.26 Å². The minimum Gasteiger partial charge on any atom is -0.497 e. The number of rotatable bonds is 3. The molecule has 1 aromatic heterocycles. The van der Waals surface area contributed by atoms with E-state index in [-0.39, 0.29) is 12.4 Å². The van der Waals surface area contributed by atoms with E-state index in [1.54, 1.807) is 7.11 Å². The van der Waals surface area contributed by atoms with Gasteiger partial charge in [0.2, 0.25) is 11.7 Å². The maximum atomic E-state index is 5.39. The number of hydrogen-bond acceptors (Lipinski definition) is 5. The average molecular weight is 296 g/mol. The molecule has 5 nitrogen and oxygen atoms in total. The molecule has 1 saturated heterocycles. The second-order valence-electron chi connectivity index (χ2n) is 4.71. The molecule has 20 heavy (non-hydrogen) atoms. The predicted octanol–water partition coefficient (Wildman–Crippen LogP) is 2.63. The van der Waals surface area contributed by atoms with E-state index in [1.807, 2.05) is 24.3 Å². The fraction of sp³-hybridized carbons (Fsp3) is 0.429. The van der Waals surface area contributed by atoms with Gasteiger partial charge in [0.1, 0.15) is 5.75 Å². The highest BCUT2D eigenvalue weighted by atomic mass is 35.5. The van der Waals surface area contributed by atoms with Gasteiger partial charge in [-0.25, -0.2) is 0 Å². The summed E-state index contributed by atoms with van der Waals surface area (Å²) >= 11 is 0. The lowest BCUT2D eigenvalue weighted by atomic mass is 9.98. The van der Waals surface area contributed by atoms with Gasteiger partial charge in [0.05, 0.1) is 7.11 Å². The van der Waals surface area contributed by atoms with Gasteiger partial charge in [-0.3, -0.25) is 0 Å². The van der Waals surface area contributed by atoms with E-state index in [0.29, 0.717) is 11.7 Å². The van der Waals surface area contributed by atoms with E-state index < -0.39 is 0 Å². The Bertz CT molecular complexity index is 536. The number of halogens is 1. The molecule has 3 rings (SSSR count). The van der Waals surface area contributed by atoms with Crippen LogP contribution in [0.15, 0.2) is 28.8 Å². The van der Waals surface area contributed by atoms with Crippen molar-refractivity contribution in [1.29, 1.82) is 0 Å². The summed E-state index contributed by atoms with van der Waals surface area (Å²) in [6, 6.07) is 7.68. The molecule has 0 spiro atoms. The van der Waals surface area contributed by atoms with Gasteiger partial charge in [-0.05, 0) is 50.2 Å². The van der Waals surface area contributed by atoms with Crippen LogP contribution in [0.4, 0.5) is 0 Å². The van der Waals surface area contributed by atoms with Crippen LogP contribution >= 0.6 is 12.4 Å². The third kappa shape index (κ3) is 3.11. The topological polar surface area (TPSA) is 60.2 Å². The van der Waals surface area contributed by atoms with Crippen molar-refractivity contribution in [1.82, 2.24) is 15.5 Å².